The molecule has 0 spiro atoms. The van der Waals surface area contributed by atoms with Gasteiger partial charge in [-0.15, -0.1) is 0 Å². The zero-order valence-electron chi connectivity index (χ0n) is 18.1. The van der Waals surface area contributed by atoms with Crippen molar-refractivity contribution in [2.75, 3.05) is 11.9 Å². The van der Waals surface area contributed by atoms with Crippen LogP contribution in [0.1, 0.15) is 29.5 Å². The molecule has 2 amide bonds. The largest absolute Gasteiger partial charge is 0.481 e. The van der Waals surface area contributed by atoms with Crippen LogP contribution < -0.4 is 10.6 Å². The monoisotopic (exact) mass is 444 g/mol. The number of carbonyl (C=O) groups is 3. The molecule has 0 saturated carbocycles. The Morgan fingerprint density at radius 3 is 2.21 bits per heavy atom. The van der Waals surface area contributed by atoms with Gasteiger partial charge in [0.15, 0.2) is 0 Å². The van der Waals surface area contributed by atoms with Crippen molar-refractivity contribution in [1.29, 1.82) is 0 Å². The third-order valence-electron chi connectivity index (χ3n) is 5.62. The highest BCUT2D eigenvalue weighted by Gasteiger charge is 2.29. The summed E-state index contributed by atoms with van der Waals surface area (Å²) >= 11 is 0. The lowest BCUT2D eigenvalue weighted by atomic mass is 9.98. The molecule has 1 aliphatic rings. The van der Waals surface area contributed by atoms with Gasteiger partial charge in [0, 0.05) is 11.6 Å². The fourth-order valence-electron chi connectivity index (χ4n) is 4.07. The zero-order chi connectivity index (χ0) is 23.4. The third kappa shape index (κ3) is 5.03. The smallest absolute Gasteiger partial charge is 0.407 e. The van der Waals surface area contributed by atoms with E-state index in [0.29, 0.717) is 11.3 Å². The maximum Gasteiger partial charge on any atom is 0.407 e. The van der Waals surface area contributed by atoms with Crippen LogP contribution in [0.25, 0.3) is 11.1 Å². The van der Waals surface area contributed by atoms with Gasteiger partial charge in [0.2, 0.25) is 5.91 Å². The second kappa shape index (κ2) is 9.56. The normalized spacial score (nSPS) is 12.9. The number of hydrogen-bond acceptors (Lipinski definition) is 4. The molecule has 0 bridgehead atoms. The van der Waals surface area contributed by atoms with Crippen LogP contribution in [0, 0.1) is 0 Å². The molecule has 0 radical (unpaired) electrons. The van der Waals surface area contributed by atoms with Crippen LogP contribution in [0.2, 0.25) is 0 Å². The number of hydrogen-bond donors (Lipinski definition) is 3. The van der Waals surface area contributed by atoms with Crippen molar-refractivity contribution in [1.82, 2.24) is 5.32 Å². The van der Waals surface area contributed by atoms with E-state index >= 15 is 0 Å². The van der Waals surface area contributed by atoms with Crippen LogP contribution in [0.3, 0.4) is 0 Å². The molecule has 3 N–H and O–H groups in total. The molecule has 0 unspecified atom stereocenters. The Morgan fingerprint density at radius 1 is 0.939 bits per heavy atom. The number of alkyl carbamates (subject to hydrolysis) is 1. The Morgan fingerprint density at radius 2 is 1.58 bits per heavy atom. The van der Waals surface area contributed by atoms with Crippen molar-refractivity contribution in [3.63, 3.8) is 0 Å². The van der Waals surface area contributed by atoms with Gasteiger partial charge < -0.3 is 20.5 Å². The fourth-order valence-corrected chi connectivity index (χ4v) is 4.07. The lowest BCUT2D eigenvalue weighted by molar-refractivity contribution is -0.136. The number of carboxylic acids is 1. The molecular formula is C26H24N2O5. The average Bonchev–Trinajstić information content (AvgIpc) is 3.11. The van der Waals surface area contributed by atoms with E-state index in [1.807, 2.05) is 36.4 Å². The summed E-state index contributed by atoms with van der Waals surface area (Å²) in [6, 6.07) is 21.8. The first kappa shape index (κ1) is 22.1. The summed E-state index contributed by atoms with van der Waals surface area (Å²) in [6.45, 7) is 1.71. The van der Waals surface area contributed by atoms with Gasteiger partial charge in [-0.3, -0.25) is 9.59 Å². The van der Waals surface area contributed by atoms with Crippen LogP contribution >= 0.6 is 0 Å². The van der Waals surface area contributed by atoms with Gasteiger partial charge in [-0.1, -0.05) is 60.7 Å². The van der Waals surface area contributed by atoms with Crippen LogP contribution in [-0.4, -0.2) is 35.7 Å². The highest BCUT2D eigenvalue weighted by Crippen LogP contribution is 2.44. The van der Waals surface area contributed by atoms with Gasteiger partial charge in [-0.05, 0) is 46.9 Å². The zero-order valence-corrected chi connectivity index (χ0v) is 18.1. The van der Waals surface area contributed by atoms with E-state index < -0.39 is 24.0 Å². The molecule has 1 atom stereocenters. The van der Waals surface area contributed by atoms with E-state index in [4.69, 9.17) is 9.84 Å². The van der Waals surface area contributed by atoms with E-state index in [-0.39, 0.29) is 18.9 Å². The van der Waals surface area contributed by atoms with Crippen molar-refractivity contribution in [3.8, 4) is 11.1 Å². The van der Waals surface area contributed by atoms with Gasteiger partial charge in [0.25, 0.3) is 0 Å². The number of ether oxygens (including phenoxy) is 1. The molecule has 0 fully saturated rings. The molecule has 3 aromatic carbocycles. The molecule has 168 valence electrons. The lowest BCUT2D eigenvalue weighted by Crippen LogP contribution is -2.42. The molecule has 0 aromatic heterocycles. The molecule has 1 aliphatic carbocycles. The minimum Gasteiger partial charge on any atom is -0.481 e. The summed E-state index contributed by atoms with van der Waals surface area (Å²) in [6.07, 6.45) is -0.823. The van der Waals surface area contributed by atoms with Crippen molar-refractivity contribution in [2.45, 2.75) is 25.3 Å². The van der Waals surface area contributed by atoms with E-state index in [1.165, 1.54) is 0 Å². The predicted molar refractivity (Wildman–Crippen MR) is 124 cm³/mol. The summed E-state index contributed by atoms with van der Waals surface area (Å²) < 4.78 is 5.48. The number of aliphatic carboxylic acids is 1. The number of carboxylic acid groups (broad SMARTS) is 1. The van der Waals surface area contributed by atoms with Gasteiger partial charge in [0.05, 0.1) is 6.42 Å². The average molecular weight is 444 g/mol. The number of rotatable bonds is 7. The van der Waals surface area contributed by atoms with Crippen LogP contribution in [0.5, 0.6) is 0 Å². The van der Waals surface area contributed by atoms with Crippen molar-refractivity contribution in [3.05, 3.63) is 89.5 Å². The summed E-state index contributed by atoms with van der Waals surface area (Å²) in [5.41, 5.74) is 5.52. The Bertz CT molecular complexity index is 1160. The maximum atomic E-state index is 12.5. The Hall–Kier alpha value is -4.13. The Kier molecular flexibility index (Phi) is 6.40. The van der Waals surface area contributed by atoms with Crippen molar-refractivity contribution >= 4 is 23.7 Å². The summed E-state index contributed by atoms with van der Waals surface area (Å²) in [5, 5.41) is 14.1. The number of carbonyl (C=O) groups excluding carboxylic acids is 2. The SMILES string of the molecule is C[C@H](NC(=O)OCC1c2ccccc2-c2ccccc21)C(=O)Nc1cccc(CC(=O)O)c1. The summed E-state index contributed by atoms with van der Waals surface area (Å²) in [5.74, 6) is -1.45. The Balaban J connectivity index is 1.34. The first-order chi connectivity index (χ1) is 15.9. The third-order valence-corrected chi connectivity index (χ3v) is 5.62. The quantitative estimate of drug-likeness (QED) is 0.507. The molecule has 4 rings (SSSR count). The van der Waals surface area contributed by atoms with Crippen molar-refractivity contribution < 1.29 is 24.2 Å². The van der Waals surface area contributed by atoms with E-state index in [2.05, 4.69) is 22.8 Å². The molecule has 3 aromatic rings. The first-order valence-electron chi connectivity index (χ1n) is 10.7. The van der Waals surface area contributed by atoms with E-state index in [9.17, 15) is 14.4 Å². The van der Waals surface area contributed by atoms with Gasteiger partial charge >= 0.3 is 12.1 Å². The predicted octanol–water partition coefficient (Wildman–Crippen LogP) is 4.18. The molecule has 7 nitrogen and oxygen atoms in total. The standard InChI is InChI=1S/C26H24N2O5/c1-16(25(31)28-18-8-6-7-17(13-18)14-24(29)30)27-26(32)33-15-23-21-11-4-2-9-19(21)20-10-3-5-12-22(20)23/h2-13,16,23H,14-15H2,1H3,(H,27,32)(H,28,31)(H,29,30)/t16-/m0/s1. The lowest BCUT2D eigenvalue weighted by Gasteiger charge is -2.17. The second-order valence-electron chi connectivity index (χ2n) is 7.95. The molecule has 7 heteroatoms. The van der Waals surface area contributed by atoms with Gasteiger partial charge in [-0.25, -0.2) is 4.79 Å². The Labute approximate surface area is 191 Å². The number of fused-ring (bicyclic) bond motifs is 3. The highest BCUT2D eigenvalue weighted by atomic mass is 16.5. The van der Waals surface area contributed by atoms with Crippen LogP contribution in [0.15, 0.2) is 72.8 Å². The number of amides is 2. The molecule has 0 aliphatic heterocycles. The van der Waals surface area contributed by atoms with E-state index in [0.717, 1.165) is 22.3 Å². The molecule has 0 heterocycles. The van der Waals surface area contributed by atoms with Gasteiger partial charge in [0.1, 0.15) is 12.6 Å². The molecule has 0 saturated heterocycles. The number of anilines is 1. The summed E-state index contributed by atoms with van der Waals surface area (Å²) in [7, 11) is 0. The fraction of sp³-hybridized carbons (Fsp3) is 0.192. The molecule has 33 heavy (non-hydrogen) atoms. The van der Waals surface area contributed by atoms with Crippen molar-refractivity contribution in [2.24, 2.45) is 0 Å². The summed E-state index contributed by atoms with van der Waals surface area (Å²) in [4.78, 5) is 35.7. The molecular weight excluding hydrogens is 420 g/mol. The van der Waals surface area contributed by atoms with Gasteiger partial charge in [-0.2, -0.15) is 0 Å². The highest BCUT2D eigenvalue weighted by molar-refractivity contribution is 5.96. The first-order valence-corrected chi connectivity index (χ1v) is 10.7. The second-order valence-corrected chi connectivity index (χ2v) is 7.95. The van der Waals surface area contributed by atoms with Crippen LogP contribution in [-0.2, 0) is 20.7 Å². The van der Waals surface area contributed by atoms with E-state index in [1.54, 1.807) is 31.2 Å². The maximum absolute atomic E-state index is 12.5. The number of nitrogens with one attached hydrogen (secondary N) is 2. The van der Waals surface area contributed by atoms with Crippen LogP contribution in [0.4, 0.5) is 10.5 Å². The minimum atomic E-state index is -0.955. The number of benzene rings is 3. The topological polar surface area (TPSA) is 105 Å². The minimum absolute atomic E-state index is 0.0655.